The summed E-state index contributed by atoms with van der Waals surface area (Å²) in [6, 6.07) is 8.77. The van der Waals surface area contributed by atoms with Crippen LogP contribution in [0.5, 0.6) is 0 Å². The van der Waals surface area contributed by atoms with Gasteiger partial charge in [-0.3, -0.25) is 0 Å². The molecule has 1 heterocycles. The van der Waals surface area contributed by atoms with E-state index in [-0.39, 0.29) is 0 Å². The van der Waals surface area contributed by atoms with E-state index in [0.29, 0.717) is 5.41 Å². The summed E-state index contributed by atoms with van der Waals surface area (Å²) < 4.78 is 0. The van der Waals surface area contributed by atoms with Crippen LogP contribution in [0.4, 0.5) is 0 Å². The standard InChI is InChI=1S/C17H20N2/c1-4-13-11-18-16(19-12(13)2)14-5-7-15(8-6-14)17(3)9-10-17/h5-8,11H,4,9-10H2,1-3H3. The van der Waals surface area contributed by atoms with Crippen molar-refractivity contribution in [3.8, 4) is 11.4 Å². The second kappa shape index (κ2) is 4.44. The molecule has 2 nitrogen and oxygen atoms in total. The van der Waals surface area contributed by atoms with E-state index >= 15 is 0 Å². The Morgan fingerprint density at radius 3 is 2.37 bits per heavy atom. The third-order valence-corrected chi connectivity index (χ3v) is 4.30. The van der Waals surface area contributed by atoms with Gasteiger partial charge in [-0.1, -0.05) is 38.1 Å². The van der Waals surface area contributed by atoms with Crippen molar-refractivity contribution in [2.24, 2.45) is 0 Å². The number of aryl methyl sites for hydroxylation is 2. The molecule has 0 radical (unpaired) electrons. The summed E-state index contributed by atoms with van der Waals surface area (Å²) in [6.07, 6.45) is 5.57. The van der Waals surface area contributed by atoms with E-state index in [0.717, 1.165) is 23.5 Å². The third kappa shape index (κ3) is 2.27. The van der Waals surface area contributed by atoms with Crippen molar-refractivity contribution in [1.29, 1.82) is 0 Å². The molecule has 1 aliphatic carbocycles. The van der Waals surface area contributed by atoms with Crippen LogP contribution in [0.1, 0.15) is 43.5 Å². The Morgan fingerprint density at radius 1 is 1.16 bits per heavy atom. The minimum absolute atomic E-state index is 0.432. The molecule has 0 spiro atoms. The maximum atomic E-state index is 4.61. The molecule has 3 rings (SSSR count). The number of rotatable bonds is 3. The molecular formula is C17H20N2. The van der Waals surface area contributed by atoms with Crippen molar-refractivity contribution in [1.82, 2.24) is 9.97 Å². The normalized spacial score (nSPS) is 16.4. The molecule has 1 saturated carbocycles. The zero-order chi connectivity index (χ0) is 13.5. The number of hydrogen-bond donors (Lipinski definition) is 0. The van der Waals surface area contributed by atoms with Crippen LogP contribution in [0.3, 0.4) is 0 Å². The fourth-order valence-electron chi connectivity index (χ4n) is 2.48. The lowest BCUT2D eigenvalue weighted by Gasteiger charge is -2.10. The first-order chi connectivity index (χ1) is 9.12. The zero-order valence-corrected chi connectivity index (χ0v) is 11.9. The highest BCUT2D eigenvalue weighted by molar-refractivity contribution is 5.56. The van der Waals surface area contributed by atoms with Gasteiger partial charge in [-0.15, -0.1) is 0 Å². The molecule has 0 amide bonds. The summed E-state index contributed by atoms with van der Waals surface area (Å²) in [7, 11) is 0. The van der Waals surface area contributed by atoms with Crippen LogP contribution in [-0.4, -0.2) is 9.97 Å². The molecule has 98 valence electrons. The van der Waals surface area contributed by atoms with Crippen LogP contribution in [0.15, 0.2) is 30.5 Å². The molecule has 0 aliphatic heterocycles. The molecule has 2 aromatic rings. The molecule has 1 aromatic carbocycles. The number of nitrogens with zero attached hydrogens (tertiary/aromatic N) is 2. The van der Waals surface area contributed by atoms with Crippen molar-refractivity contribution in [3.63, 3.8) is 0 Å². The summed E-state index contributed by atoms with van der Waals surface area (Å²) in [5, 5.41) is 0. The molecule has 1 fully saturated rings. The molecule has 0 saturated heterocycles. The van der Waals surface area contributed by atoms with E-state index in [1.807, 2.05) is 6.20 Å². The topological polar surface area (TPSA) is 25.8 Å². The minimum Gasteiger partial charge on any atom is -0.236 e. The van der Waals surface area contributed by atoms with Crippen LogP contribution in [-0.2, 0) is 11.8 Å². The zero-order valence-electron chi connectivity index (χ0n) is 11.9. The van der Waals surface area contributed by atoms with Gasteiger partial charge in [0, 0.05) is 17.5 Å². The van der Waals surface area contributed by atoms with Crippen LogP contribution in [0.25, 0.3) is 11.4 Å². The summed E-state index contributed by atoms with van der Waals surface area (Å²) in [5.74, 6) is 0.835. The molecule has 0 bridgehead atoms. The first-order valence-electron chi connectivity index (χ1n) is 7.06. The fourth-order valence-corrected chi connectivity index (χ4v) is 2.48. The molecule has 2 heteroatoms. The average molecular weight is 252 g/mol. The van der Waals surface area contributed by atoms with Crippen LogP contribution in [0, 0.1) is 6.92 Å². The molecule has 1 aromatic heterocycles. The number of benzene rings is 1. The quantitative estimate of drug-likeness (QED) is 0.823. The van der Waals surface area contributed by atoms with E-state index in [9.17, 15) is 0 Å². The minimum atomic E-state index is 0.432. The van der Waals surface area contributed by atoms with Crippen molar-refractivity contribution >= 4 is 0 Å². The predicted molar refractivity (Wildman–Crippen MR) is 78.2 cm³/mol. The smallest absolute Gasteiger partial charge is 0.159 e. The van der Waals surface area contributed by atoms with Crippen LogP contribution >= 0.6 is 0 Å². The van der Waals surface area contributed by atoms with Gasteiger partial charge in [0.15, 0.2) is 5.82 Å². The lowest BCUT2D eigenvalue weighted by molar-refractivity contribution is 0.788. The van der Waals surface area contributed by atoms with E-state index in [2.05, 4.69) is 55.0 Å². The summed E-state index contributed by atoms with van der Waals surface area (Å²) in [4.78, 5) is 9.09. The van der Waals surface area contributed by atoms with Gasteiger partial charge in [0.1, 0.15) is 0 Å². The van der Waals surface area contributed by atoms with Gasteiger partial charge in [-0.05, 0) is 42.7 Å². The Hall–Kier alpha value is -1.70. The largest absolute Gasteiger partial charge is 0.236 e. The van der Waals surface area contributed by atoms with Gasteiger partial charge < -0.3 is 0 Å². The van der Waals surface area contributed by atoms with Gasteiger partial charge in [0.05, 0.1) is 0 Å². The monoisotopic (exact) mass is 252 g/mol. The first kappa shape index (κ1) is 12.3. The Labute approximate surface area is 114 Å². The van der Waals surface area contributed by atoms with Gasteiger partial charge in [0.25, 0.3) is 0 Å². The fraction of sp³-hybridized carbons (Fsp3) is 0.412. The third-order valence-electron chi connectivity index (χ3n) is 4.30. The lowest BCUT2D eigenvalue weighted by atomic mass is 9.97. The first-order valence-corrected chi connectivity index (χ1v) is 7.06. The second-order valence-corrected chi connectivity index (χ2v) is 5.80. The molecule has 0 N–H and O–H groups in total. The Balaban J connectivity index is 1.91. The van der Waals surface area contributed by atoms with E-state index < -0.39 is 0 Å². The maximum Gasteiger partial charge on any atom is 0.159 e. The van der Waals surface area contributed by atoms with Gasteiger partial charge >= 0.3 is 0 Å². The Kier molecular flexibility index (Phi) is 2.89. The Bertz CT molecular complexity index is 595. The SMILES string of the molecule is CCc1cnc(-c2ccc(C3(C)CC3)cc2)nc1C. The van der Waals surface area contributed by atoms with E-state index in [4.69, 9.17) is 0 Å². The van der Waals surface area contributed by atoms with Crippen molar-refractivity contribution in [3.05, 3.63) is 47.3 Å². The maximum absolute atomic E-state index is 4.61. The van der Waals surface area contributed by atoms with Gasteiger partial charge in [0.2, 0.25) is 0 Å². The highest BCUT2D eigenvalue weighted by Gasteiger charge is 2.38. The second-order valence-electron chi connectivity index (χ2n) is 5.80. The van der Waals surface area contributed by atoms with Crippen molar-refractivity contribution < 1.29 is 0 Å². The number of aromatic nitrogens is 2. The molecule has 19 heavy (non-hydrogen) atoms. The van der Waals surface area contributed by atoms with Gasteiger partial charge in [-0.2, -0.15) is 0 Å². The lowest BCUT2D eigenvalue weighted by Crippen LogP contribution is -2.00. The highest BCUT2D eigenvalue weighted by atomic mass is 14.9. The average Bonchev–Trinajstić information content (AvgIpc) is 3.18. The predicted octanol–water partition coefficient (Wildman–Crippen LogP) is 4.07. The summed E-state index contributed by atoms with van der Waals surface area (Å²) in [6.45, 7) is 6.53. The van der Waals surface area contributed by atoms with Crippen molar-refractivity contribution in [2.45, 2.75) is 45.4 Å². The van der Waals surface area contributed by atoms with Crippen LogP contribution < -0.4 is 0 Å². The van der Waals surface area contributed by atoms with Gasteiger partial charge in [-0.25, -0.2) is 9.97 Å². The molecule has 1 aliphatic rings. The highest BCUT2D eigenvalue weighted by Crippen LogP contribution is 2.47. The number of hydrogen-bond acceptors (Lipinski definition) is 2. The van der Waals surface area contributed by atoms with Crippen molar-refractivity contribution in [2.75, 3.05) is 0 Å². The Morgan fingerprint density at radius 2 is 1.84 bits per heavy atom. The van der Waals surface area contributed by atoms with E-state index in [1.165, 1.54) is 24.0 Å². The molecule has 0 unspecified atom stereocenters. The molecular weight excluding hydrogens is 232 g/mol. The summed E-state index contributed by atoms with van der Waals surface area (Å²) >= 11 is 0. The van der Waals surface area contributed by atoms with E-state index in [1.54, 1.807) is 0 Å². The summed E-state index contributed by atoms with van der Waals surface area (Å²) in [5.41, 5.74) is 5.30. The van der Waals surface area contributed by atoms with Crippen LogP contribution in [0.2, 0.25) is 0 Å². The molecule has 0 atom stereocenters.